The molecule has 1 N–H and O–H groups in total. The Morgan fingerprint density at radius 2 is 2.11 bits per heavy atom. The van der Waals surface area contributed by atoms with E-state index in [0.717, 1.165) is 35.9 Å². The van der Waals surface area contributed by atoms with Gasteiger partial charge in [-0.05, 0) is 55.8 Å². The summed E-state index contributed by atoms with van der Waals surface area (Å²) in [4.78, 5) is 12.6. The van der Waals surface area contributed by atoms with Gasteiger partial charge in [0.1, 0.15) is 0 Å². The van der Waals surface area contributed by atoms with E-state index in [0.29, 0.717) is 0 Å². The van der Waals surface area contributed by atoms with Gasteiger partial charge in [0.15, 0.2) is 0 Å². The second-order valence-corrected chi connectivity index (χ2v) is 5.56. The van der Waals surface area contributed by atoms with Gasteiger partial charge < -0.3 is 9.88 Å². The lowest BCUT2D eigenvalue weighted by Crippen LogP contribution is -2.27. The third kappa shape index (κ3) is 1.89. The lowest BCUT2D eigenvalue weighted by Gasteiger charge is -2.16. The van der Waals surface area contributed by atoms with Crippen LogP contribution in [0.25, 0.3) is 10.9 Å². The fourth-order valence-electron chi connectivity index (χ4n) is 3.11. The van der Waals surface area contributed by atoms with Crippen LogP contribution < -0.4 is 10.9 Å². The monoisotopic (exact) mass is 256 g/mol. The molecular weight excluding hydrogens is 236 g/mol. The Labute approximate surface area is 113 Å². The highest BCUT2D eigenvalue weighted by molar-refractivity contribution is 5.83. The van der Waals surface area contributed by atoms with Crippen LogP contribution in [0, 0.1) is 13.8 Å². The van der Waals surface area contributed by atoms with Crippen molar-refractivity contribution in [3.05, 3.63) is 45.2 Å². The average Bonchev–Trinajstić information content (AvgIpc) is 2.91. The molecule has 0 saturated carbocycles. The van der Waals surface area contributed by atoms with E-state index in [9.17, 15) is 4.79 Å². The first kappa shape index (κ1) is 12.4. The quantitative estimate of drug-likeness (QED) is 0.851. The molecule has 0 bridgehead atoms. The van der Waals surface area contributed by atoms with Crippen molar-refractivity contribution in [2.45, 2.75) is 32.7 Å². The summed E-state index contributed by atoms with van der Waals surface area (Å²) in [5, 5.41) is 4.58. The Bertz CT molecular complexity index is 694. The number of hydrogen-bond acceptors (Lipinski definition) is 2. The highest BCUT2D eigenvalue weighted by Crippen LogP contribution is 2.25. The summed E-state index contributed by atoms with van der Waals surface area (Å²) in [6.07, 6.45) is 2.21. The molecule has 1 aliphatic heterocycles. The van der Waals surface area contributed by atoms with Crippen molar-refractivity contribution >= 4 is 10.9 Å². The second-order valence-electron chi connectivity index (χ2n) is 5.56. The van der Waals surface area contributed by atoms with Gasteiger partial charge in [0.25, 0.3) is 5.56 Å². The van der Waals surface area contributed by atoms with Crippen LogP contribution in [0.3, 0.4) is 0 Å². The second kappa shape index (κ2) is 4.49. The first-order valence-corrected chi connectivity index (χ1v) is 6.93. The van der Waals surface area contributed by atoms with Crippen molar-refractivity contribution in [3.63, 3.8) is 0 Å². The van der Waals surface area contributed by atoms with Gasteiger partial charge in [0.05, 0.1) is 5.52 Å². The fraction of sp³-hybridized carbons (Fsp3) is 0.438. The number of nitrogens with zero attached hydrogens (tertiary/aromatic N) is 1. The molecule has 0 radical (unpaired) electrons. The van der Waals surface area contributed by atoms with E-state index in [1.54, 1.807) is 0 Å². The normalized spacial score (nSPS) is 19.2. The van der Waals surface area contributed by atoms with E-state index in [-0.39, 0.29) is 11.6 Å². The molecule has 3 rings (SSSR count). The molecule has 1 saturated heterocycles. The SMILES string of the molecule is Cc1ccc2cc(C3CCCN3)c(=O)n(C)c2c1C. The van der Waals surface area contributed by atoms with E-state index in [2.05, 4.69) is 37.4 Å². The number of pyridine rings is 1. The standard InChI is InChI=1S/C16H20N2O/c1-10-6-7-12-9-13(14-5-4-8-17-14)16(19)18(3)15(12)11(10)2/h6-7,9,14,17H,4-5,8H2,1-3H3. The number of hydrogen-bond donors (Lipinski definition) is 1. The zero-order chi connectivity index (χ0) is 13.6. The Hall–Kier alpha value is -1.61. The van der Waals surface area contributed by atoms with Crippen molar-refractivity contribution in [3.8, 4) is 0 Å². The van der Waals surface area contributed by atoms with Gasteiger partial charge in [-0.15, -0.1) is 0 Å². The largest absolute Gasteiger partial charge is 0.311 e. The molecule has 0 aliphatic carbocycles. The summed E-state index contributed by atoms with van der Waals surface area (Å²) in [6.45, 7) is 5.19. The maximum Gasteiger partial charge on any atom is 0.255 e. The molecule has 1 aromatic carbocycles. The van der Waals surface area contributed by atoms with Crippen LogP contribution in [0.1, 0.15) is 35.6 Å². The summed E-state index contributed by atoms with van der Waals surface area (Å²) >= 11 is 0. The molecule has 19 heavy (non-hydrogen) atoms. The Morgan fingerprint density at radius 1 is 1.32 bits per heavy atom. The fourth-order valence-corrected chi connectivity index (χ4v) is 3.11. The van der Waals surface area contributed by atoms with Gasteiger partial charge in [0.2, 0.25) is 0 Å². The lowest BCUT2D eigenvalue weighted by molar-refractivity contribution is 0.633. The van der Waals surface area contributed by atoms with E-state index in [1.807, 2.05) is 11.6 Å². The Kier molecular flexibility index (Phi) is 2.94. The molecule has 0 spiro atoms. The molecular formula is C16H20N2O. The topological polar surface area (TPSA) is 34.0 Å². The van der Waals surface area contributed by atoms with Gasteiger partial charge in [0, 0.05) is 18.7 Å². The average molecular weight is 256 g/mol. The van der Waals surface area contributed by atoms with E-state index in [4.69, 9.17) is 0 Å². The van der Waals surface area contributed by atoms with Crippen molar-refractivity contribution in [2.75, 3.05) is 6.54 Å². The van der Waals surface area contributed by atoms with Gasteiger partial charge >= 0.3 is 0 Å². The predicted molar refractivity (Wildman–Crippen MR) is 78.6 cm³/mol. The minimum absolute atomic E-state index is 0.139. The molecule has 1 aliphatic rings. The van der Waals surface area contributed by atoms with Gasteiger partial charge in [-0.1, -0.05) is 12.1 Å². The minimum Gasteiger partial charge on any atom is -0.311 e. The van der Waals surface area contributed by atoms with Crippen LogP contribution in [0.5, 0.6) is 0 Å². The highest BCUT2D eigenvalue weighted by Gasteiger charge is 2.21. The minimum atomic E-state index is 0.139. The summed E-state index contributed by atoms with van der Waals surface area (Å²) in [5.74, 6) is 0. The summed E-state index contributed by atoms with van der Waals surface area (Å²) < 4.78 is 1.81. The zero-order valence-corrected chi connectivity index (χ0v) is 11.8. The van der Waals surface area contributed by atoms with Crippen LogP contribution in [-0.2, 0) is 7.05 Å². The van der Waals surface area contributed by atoms with Crippen LogP contribution in [0.15, 0.2) is 23.0 Å². The molecule has 3 nitrogen and oxygen atoms in total. The maximum atomic E-state index is 12.6. The molecule has 100 valence electrons. The molecule has 2 aromatic rings. The van der Waals surface area contributed by atoms with E-state index >= 15 is 0 Å². The lowest BCUT2D eigenvalue weighted by atomic mass is 10.0. The van der Waals surface area contributed by atoms with E-state index < -0.39 is 0 Å². The number of aryl methyl sites for hydroxylation is 3. The van der Waals surface area contributed by atoms with Crippen LogP contribution >= 0.6 is 0 Å². The molecule has 1 fully saturated rings. The first-order valence-electron chi connectivity index (χ1n) is 6.93. The molecule has 3 heteroatoms. The molecule has 0 amide bonds. The summed E-state index contributed by atoms with van der Waals surface area (Å²) in [6, 6.07) is 6.56. The molecule has 2 heterocycles. The summed E-state index contributed by atoms with van der Waals surface area (Å²) in [7, 11) is 1.88. The van der Waals surface area contributed by atoms with Crippen LogP contribution in [-0.4, -0.2) is 11.1 Å². The third-order valence-electron chi connectivity index (χ3n) is 4.37. The summed E-state index contributed by atoms with van der Waals surface area (Å²) in [5.41, 5.74) is 4.54. The van der Waals surface area contributed by atoms with Crippen molar-refractivity contribution in [2.24, 2.45) is 7.05 Å². The Morgan fingerprint density at radius 3 is 2.79 bits per heavy atom. The van der Waals surface area contributed by atoms with Crippen molar-refractivity contribution in [1.82, 2.24) is 9.88 Å². The van der Waals surface area contributed by atoms with E-state index in [1.165, 1.54) is 11.1 Å². The highest BCUT2D eigenvalue weighted by atomic mass is 16.1. The number of benzene rings is 1. The third-order valence-corrected chi connectivity index (χ3v) is 4.37. The molecule has 1 atom stereocenters. The number of fused-ring (bicyclic) bond motifs is 1. The molecule has 1 unspecified atom stereocenters. The van der Waals surface area contributed by atoms with Gasteiger partial charge in [-0.2, -0.15) is 0 Å². The van der Waals surface area contributed by atoms with Crippen LogP contribution in [0.2, 0.25) is 0 Å². The number of rotatable bonds is 1. The Balaban J connectivity index is 2.31. The van der Waals surface area contributed by atoms with Crippen molar-refractivity contribution < 1.29 is 0 Å². The maximum absolute atomic E-state index is 12.6. The van der Waals surface area contributed by atoms with Gasteiger partial charge in [-0.3, -0.25) is 4.79 Å². The predicted octanol–water partition coefficient (Wildman–Crippen LogP) is 2.58. The zero-order valence-electron chi connectivity index (χ0n) is 11.8. The first-order chi connectivity index (χ1) is 9.09. The number of nitrogens with one attached hydrogen (secondary N) is 1. The van der Waals surface area contributed by atoms with Gasteiger partial charge in [-0.25, -0.2) is 0 Å². The number of aromatic nitrogens is 1. The van der Waals surface area contributed by atoms with Crippen LogP contribution in [0.4, 0.5) is 0 Å². The van der Waals surface area contributed by atoms with Crippen molar-refractivity contribution in [1.29, 1.82) is 0 Å². The molecule has 1 aromatic heterocycles. The smallest absolute Gasteiger partial charge is 0.255 e.